The molecule has 18 heavy (non-hydrogen) atoms. The smallest absolute Gasteiger partial charge is 0.341 e. The summed E-state index contributed by atoms with van der Waals surface area (Å²) in [6.45, 7) is 3.91. The van der Waals surface area contributed by atoms with Crippen LogP contribution < -0.4 is 5.43 Å². The number of aromatic carboxylic acids is 1. The lowest BCUT2D eigenvalue weighted by Gasteiger charge is -2.10. The fourth-order valence-corrected chi connectivity index (χ4v) is 1.78. The summed E-state index contributed by atoms with van der Waals surface area (Å²) in [7, 11) is 0. The monoisotopic (exact) mass is 248 g/mol. The van der Waals surface area contributed by atoms with E-state index < -0.39 is 11.4 Å². The van der Waals surface area contributed by atoms with Crippen LogP contribution in [0.1, 0.15) is 23.0 Å². The molecule has 0 fully saturated rings. The first-order valence-corrected chi connectivity index (χ1v) is 5.42. The van der Waals surface area contributed by atoms with Crippen molar-refractivity contribution in [1.29, 1.82) is 0 Å². The molecule has 2 N–H and O–H groups in total. The van der Waals surface area contributed by atoms with Crippen molar-refractivity contribution in [3.05, 3.63) is 33.7 Å². The Bertz CT molecular complexity index is 703. The molecular weight excluding hydrogens is 236 g/mol. The van der Waals surface area contributed by atoms with E-state index in [2.05, 4.69) is 4.98 Å². The first-order valence-electron chi connectivity index (χ1n) is 5.42. The Balaban J connectivity index is 2.99. The van der Waals surface area contributed by atoms with Crippen LogP contribution in [0.15, 0.2) is 17.1 Å². The molecule has 0 atom stereocenters. The Morgan fingerprint density at radius 2 is 2.17 bits per heavy atom. The van der Waals surface area contributed by atoms with Crippen LogP contribution >= 0.6 is 0 Å². The molecule has 2 aromatic rings. The Morgan fingerprint density at radius 3 is 2.72 bits per heavy atom. The van der Waals surface area contributed by atoms with E-state index in [0.717, 1.165) is 0 Å². The highest BCUT2D eigenvalue weighted by Crippen LogP contribution is 2.19. The summed E-state index contributed by atoms with van der Waals surface area (Å²) in [5.41, 5.74) is -0.186. The van der Waals surface area contributed by atoms with E-state index in [9.17, 15) is 14.7 Å². The molecule has 0 spiro atoms. The zero-order valence-electron chi connectivity index (χ0n) is 9.97. The first-order chi connectivity index (χ1) is 8.45. The van der Waals surface area contributed by atoms with Crippen LogP contribution in [-0.2, 0) is 6.54 Å². The van der Waals surface area contributed by atoms with Gasteiger partial charge in [-0.15, -0.1) is 0 Å². The molecule has 0 saturated heterocycles. The van der Waals surface area contributed by atoms with Crippen LogP contribution in [0.2, 0.25) is 0 Å². The molecule has 0 amide bonds. The second-order valence-electron chi connectivity index (χ2n) is 3.93. The van der Waals surface area contributed by atoms with Crippen molar-refractivity contribution in [3.8, 4) is 5.75 Å². The van der Waals surface area contributed by atoms with Crippen LogP contribution in [0, 0.1) is 6.92 Å². The topological polar surface area (TPSA) is 92.4 Å². The standard InChI is InChI=1S/C12H12N2O4/c1-3-14-5-8(12(17)18)10(16)7-4-9(15)6(2)13-11(7)14/h4-5,15H,3H2,1-2H3,(H,17,18). The molecule has 0 aromatic carbocycles. The molecule has 0 bridgehead atoms. The Kier molecular flexibility index (Phi) is 2.78. The number of carbonyl (C=O) groups is 1. The van der Waals surface area contributed by atoms with Crippen molar-refractivity contribution in [2.24, 2.45) is 0 Å². The van der Waals surface area contributed by atoms with Gasteiger partial charge >= 0.3 is 5.97 Å². The minimum atomic E-state index is -1.29. The number of carboxylic acids is 1. The van der Waals surface area contributed by atoms with Gasteiger partial charge in [0.1, 0.15) is 17.0 Å². The number of rotatable bonds is 2. The fourth-order valence-electron chi connectivity index (χ4n) is 1.78. The maximum Gasteiger partial charge on any atom is 0.341 e. The van der Waals surface area contributed by atoms with E-state index >= 15 is 0 Å². The average Bonchev–Trinajstić information content (AvgIpc) is 2.32. The second-order valence-corrected chi connectivity index (χ2v) is 3.93. The van der Waals surface area contributed by atoms with E-state index in [1.165, 1.54) is 12.3 Å². The number of hydrogen-bond acceptors (Lipinski definition) is 4. The van der Waals surface area contributed by atoms with Crippen LogP contribution in [-0.4, -0.2) is 25.7 Å². The molecule has 2 heterocycles. The predicted molar refractivity (Wildman–Crippen MR) is 65.0 cm³/mol. The third-order valence-corrected chi connectivity index (χ3v) is 2.78. The van der Waals surface area contributed by atoms with Crippen LogP contribution in [0.4, 0.5) is 0 Å². The molecule has 0 radical (unpaired) electrons. The van der Waals surface area contributed by atoms with Gasteiger partial charge in [-0.1, -0.05) is 0 Å². The molecule has 0 saturated carbocycles. The highest BCUT2D eigenvalue weighted by molar-refractivity contribution is 5.92. The number of pyridine rings is 2. The molecule has 0 unspecified atom stereocenters. The first kappa shape index (κ1) is 12.1. The fraction of sp³-hybridized carbons (Fsp3) is 0.250. The van der Waals surface area contributed by atoms with Crippen molar-refractivity contribution < 1.29 is 15.0 Å². The van der Waals surface area contributed by atoms with Crippen molar-refractivity contribution in [1.82, 2.24) is 9.55 Å². The lowest BCUT2D eigenvalue weighted by Crippen LogP contribution is -2.19. The van der Waals surface area contributed by atoms with Crippen molar-refractivity contribution >= 4 is 17.0 Å². The number of aromatic hydroxyl groups is 1. The van der Waals surface area contributed by atoms with Gasteiger partial charge in [-0.25, -0.2) is 9.78 Å². The molecule has 6 nitrogen and oxygen atoms in total. The van der Waals surface area contributed by atoms with Crippen molar-refractivity contribution in [2.45, 2.75) is 20.4 Å². The number of aryl methyl sites for hydroxylation is 2. The molecule has 2 aromatic heterocycles. The maximum atomic E-state index is 12.0. The van der Waals surface area contributed by atoms with Gasteiger partial charge in [0, 0.05) is 12.7 Å². The number of fused-ring (bicyclic) bond motifs is 1. The Hall–Kier alpha value is -2.37. The van der Waals surface area contributed by atoms with E-state index in [4.69, 9.17) is 5.11 Å². The largest absolute Gasteiger partial charge is 0.506 e. The summed E-state index contributed by atoms with van der Waals surface area (Å²) < 4.78 is 1.58. The number of nitrogens with zero attached hydrogens (tertiary/aromatic N) is 2. The van der Waals surface area contributed by atoms with E-state index in [1.54, 1.807) is 11.5 Å². The normalized spacial score (nSPS) is 10.8. The lowest BCUT2D eigenvalue weighted by atomic mass is 10.1. The van der Waals surface area contributed by atoms with Gasteiger partial charge in [-0.05, 0) is 19.9 Å². The van der Waals surface area contributed by atoms with Crippen LogP contribution in [0.5, 0.6) is 5.75 Å². The average molecular weight is 248 g/mol. The molecule has 0 aliphatic heterocycles. The number of aromatic nitrogens is 2. The van der Waals surface area contributed by atoms with Crippen LogP contribution in [0.25, 0.3) is 11.0 Å². The van der Waals surface area contributed by atoms with E-state index in [1.807, 2.05) is 6.92 Å². The summed E-state index contributed by atoms with van der Waals surface area (Å²) in [5.74, 6) is -1.41. The highest BCUT2D eigenvalue weighted by Gasteiger charge is 2.16. The third kappa shape index (κ3) is 1.71. The lowest BCUT2D eigenvalue weighted by molar-refractivity contribution is 0.0695. The van der Waals surface area contributed by atoms with Gasteiger partial charge in [0.15, 0.2) is 0 Å². The van der Waals surface area contributed by atoms with E-state index in [0.29, 0.717) is 17.9 Å². The van der Waals surface area contributed by atoms with Gasteiger partial charge < -0.3 is 14.8 Å². The van der Waals surface area contributed by atoms with Crippen LogP contribution in [0.3, 0.4) is 0 Å². The molecule has 0 aliphatic carbocycles. The SMILES string of the molecule is CCn1cc(C(=O)O)c(=O)c2cc(O)c(C)nc21. The zero-order chi connectivity index (χ0) is 13.4. The van der Waals surface area contributed by atoms with Gasteiger partial charge in [0.2, 0.25) is 5.43 Å². The van der Waals surface area contributed by atoms with Crippen molar-refractivity contribution in [2.75, 3.05) is 0 Å². The molecular formula is C12H12N2O4. The Labute approximate surface area is 102 Å². The van der Waals surface area contributed by atoms with Gasteiger partial charge in [-0.3, -0.25) is 4.79 Å². The summed E-state index contributed by atoms with van der Waals surface area (Å²) in [6, 6.07) is 1.26. The van der Waals surface area contributed by atoms with Gasteiger partial charge in [0.05, 0.1) is 11.1 Å². The quantitative estimate of drug-likeness (QED) is 0.831. The number of hydrogen-bond donors (Lipinski definition) is 2. The molecule has 6 heteroatoms. The molecule has 94 valence electrons. The minimum Gasteiger partial charge on any atom is -0.506 e. The van der Waals surface area contributed by atoms with Gasteiger partial charge in [0.25, 0.3) is 0 Å². The maximum absolute atomic E-state index is 12.0. The Morgan fingerprint density at radius 1 is 1.50 bits per heavy atom. The minimum absolute atomic E-state index is 0.111. The summed E-state index contributed by atoms with van der Waals surface area (Å²) >= 11 is 0. The zero-order valence-corrected chi connectivity index (χ0v) is 9.97. The van der Waals surface area contributed by atoms with Gasteiger partial charge in [-0.2, -0.15) is 0 Å². The summed E-state index contributed by atoms with van der Waals surface area (Å²) in [5, 5.41) is 18.7. The summed E-state index contributed by atoms with van der Waals surface area (Å²) in [6.07, 6.45) is 1.27. The van der Waals surface area contributed by atoms with Crippen molar-refractivity contribution in [3.63, 3.8) is 0 Å². The molecule has 2 rings (SSSR count). The third-order valence-electron chi connectivity index (χ3n) is 2.78. The predicted octanol–water partition coefficient (Wildman–Crippen LogP) is 1.13. The summed E-state index contributed by atoms with van der Waals surface area (Å²) in [4.78, 5) is 27.1. The molecule has 0 aliphatic rings. The second kappa shape index (κ2) is 4.14. The number of carboxylic acid groups (broad SMARTS) is 1. The highest BCUT2D eigenvalue weighted by atomic mass is 16.4. The van der Waals surface area contributed by atoms with E-state index in [-0.39, 0.29) is 16.7 Å².